The summed E-state index contributed by atoms with van der Waals surface area (Å²) in [4.78, 5) is 50.0. The molecule has 0 bridgehead atoms. The number of likely N-dealkylation sites (tertiary alicyclic amines) is 1. The van der Waals surface area contributed by atoms with E-state index in [1.165, 1.54) is 25.2 Å². The van der Waals surface area contributed by atoms with Gasteiger partial charge in [-0.2, -0.15) is 0 Å². The van der Waals surface area contributed by atoms with Gasteiger partial charge < -0.3 is 34.6 Å². The molecule has 0 aliphatic carbocycles. The van der Waals surface area contributed by atoms with Crippen LogP contribution in [-0.4, -0.2) is 97.1 Å². The first kappa shape index (κ1) is 30.9. The molecule has 2 aromatic heterocycles. The van der Waals surface area contributed by atoms with Crippen LogP contribution in [0.25, 0.3) is 11.2 Å². The number of aliphatic carboxylic acids is 4. The van der Waals surface area contributed by atoms with Crippen LogP contribution in [0.3, 0.4) is 0 Å². The highest BCUT2D eigenvalue weighted by Crippen LogP contribution is 2.28. The average Bonchev–Trinajstić information content (AvgIpc) is 3.21. The lowest BCUT2D eigenvalue weighted by Gasteiger charge is -2.29. The Balaban J connectivity index is 0.000000355. The number of hydrogen-bond donors (Lipinski definition) is 4. The Morgan fingerprint density at radius 3 is 2.08 bits per heavy atom. The molecule has 0 saturated carbocycles. The van der Waals surface area contributed by atoms with Gasteiger partial charge in [0.2, 0.25) is 0 Å². The van der Waals surface area contributed by atoms with Crippen molar-refractivity contribution in [2.24, 2.45) is 0 Å². The second kappa shape index (κ2) is 16.5. The standard InChI is InChI=1S/C16H24N4O.2C4H4O4/c1-3-21-11-10-20-15(13-6-5-9-19(2)12-13)18-14-7-4-8-17-16(14)20;2*5-3(6)1-2-4(7)8/h4,7-8,13H,3,5-6,9-12H2,1-2H3;2*1-2H,(H,5,6)(H,7,8)/b;2*2-1+. The second-order valence-corrected chi connectivity index (χ2v) is 7.79. The van der Waals surface area contributed by atoms with Crippen molar-refractivity contribution in [3.8, 4) is 0 Å². The Morgan fingerprint density at radius 2 is 1.59 bits per heavy atom. The van der Waals surface area contributed by atoms with Crippen LogP contribution in [-0.2, 0) is 30.5 Å². The lowest BCUT2D eigenvalue weighted by Crippen LogP contribution is -2.32. The van der Waals surface area contributed by atoms with Gasteiger partial charge in [0.15, 0.2) is 5.65 Å². The predicted molar refractivity (Wildman–Crippen MR) is 132 cm³/mol. The monoisotopic (exact) mass is 520 g/mol. The van der Waals surface area contributed by atoms with Crippen LogP contribution >= 0.6 is 0 Å². The van der Waals surface area contributed by atoms with E-state index >= 15 is 0 Å². The summed E-state index contributed by atoms with van der Waals surface area (Å²) in [5.74, 6) is -3.35. The van der Waals surface area contributed by atoms with Gasteiger partial charge in [0, 0.05) is 56.1 Å². The minimum Gasteiger partial charge on any atom is -0.478 e. The van der Waals surface area contributed by atoms with Crippen molar-refractivity contribution in [3.05, 3.63) is 48.5 Å². The maximum absolute atomic E-state index is 9.55. The van der Waals surface area contributed by atoms with Gasteiger partial charge in [-0.25, -0.2) is 29.1 Å². The van der Waals surface area contributed by atoms with Crippen molar-refractivity contribution in [2.45, 2.75) is 32.2 Å². The number of imidazole rings is 1. The summed E-state index contributed by atoms with van der Waals surface area (Å²) in [6.45, 7) is 6.60. The first-order valence-corrected chi connectivity index (χ1v) is 11.4. The third kappa shape index (κ3) is 12.4. The molecule has 13 heteroatoms. The molecule has 1 fully saturated rings. The summed E-state index contributed by atoms with van der Waals surface area (Å²) in [5.41, 5.74) is 1.98. The van der Waals surface area contributed by atoms with E-state index < -0.39 is 23.9 Å². The number of carbonyl (C=O) groups is 4. The summed E-state index contributed by atoms with van der Waals surface area (Å²) < 4.78 is 7.79. The van der Waals surface area contributed by atoms with Crippen LogP contribution in [0.4, 0.5) is 0 Å². The molecule has 37 heavy (non-hydrogen) atoms. The average molecular weight is 521 g/mol. The van der Waals surface area contributed by atoms with E-state index in [1.807, 2.05) is 19.2 Å². The predicted octanol–water partition coefficient (Wildman–Crippen LogP) is 1.70. The molecule has 1 atom stereocenters. The van der Waals surface area contributed by atoms with E-state index in [0.29, 0.717) is 36.8 Å². The summed E-state index contributed by atoms with van der Waals surface area (Å²) >= 11 is 0. The molecule has 0 amide bonds. The topological polar surface area (TPSA) is 192 Å². The highest BCUT2D eigenvalue weighted by molar-refractivity contribution is 5.90. The van der Waals surface area contributed by atoms with Crippen molar-refractivity contribution in [2.75, 3.05) is 33.4 Å². The molecule has 1 saturated heterocycles. The smallest absolute Gasteiger partial charge is 0.328 e. The van der Waals surface area contributed by atoms with Crippen molar-refractivity contribution in [3.63, 3.8) is 0 Å². The number of rotatable bonds is 9. The van der Waals surface area contributed by atoms with Crippen molar-refractivity contribution >= 4 is 35.0 Å². The maximum atomic E-state index is 9.55. The number of pyridine rings is 1. The summed E-state index contributed by atoms with van der Waals surface area (Å²) in [7, 11) is 2.19. The first-order valence-electron chi connectivity index (χ1n) is 11.4. The van der Waals surface area contributed by atoms with E-state index in [-0.39, 0.29) is 0 Å². The summed E-state index contributed by atoms with van der Waals surface area (Å²) in [6.07, 6.45) is 6.53. The number of carboxylic acid groups (broad SMARTS) is 4. The second-order valence-electron chi connectivity index (χ2n) is 7.79. The molecule has 0 spiro atoms. The Morgan fingerprint density at radius 1 is 1.03 bits per heavy atom. The van der Waals surface area contributed by atoms with E-state index in [4.69, 9.17) is 30.1 Å². The highest BCUT2D eigenvalue weighted by atomic mass is 16.5. The number of nitrogens with zero attached hydrogens (tertiary/aromatic N) is 4. The Hall–Kier alpha value is -4.10. The molecular weight excluding hydrogens is 488 g/mol. The normalized spacial score (nSPS) is 15.6. The SMILES string of the molecule is CCOCCn1c(C2CCCN(C)C2)nc2cccnc21.O=C(O)/C=C/C(=O)O.O=C(O)/C=C/C(=O)O. The quantitative estimate of drug-likeness (QED) is 0.277. The Bertz CT molecular complexity index is 1040. The van der Waals surface area contributed by atoms with Crippen LogP contribution in [0.1, 0.15) is 31.5 Å². The molecule has 4 N–H and O–H groups in total. The van der Waals surface area contributed by atoms with Gasteiger partial charge in [0.05, 0.1) is 6.61 Å². The number of ether oxygens (including phenoxy) is 1. The molecule has 1 aliphatic heterocycles. The Labute approximate surface area is 213 Å². The molecule has 3 rings (SSSR count). The van der Waals surface area contributed by atoms with Gasteiger partial charge in [-0.1, -0.05) is 0 Å². The van der Waals surface area contributed by atoms with Crippen molar-refractivity contribution < 1.29 is 44.3 Å². The van der Waals surface area contributed by atoms with Gasteiger partial charge in [-0.05, 0) is 45.5 Å². The summed E-state index contributed by atoms with van der Waals surface area (Å²) in [5, 5.41) is 31.2. The fraction of sp³-hybridized carbons (Fsp3) is 0.417. The molecule has 0 aromatic carbocycles. The number of piperidine rings is 1. The van der Waals surface area contributed by atoms with Crippen LogP contribution in [0.15, 0.2) is 42.6 Å². The molecule has 2 aromatic rings. The number of carboxylic acids is 4. The van der Waals surface area contributed by atoms with E-state index in [9.17, 15) is 19.2 Å². The zero-order valence-electron chi connectivity index (χ0n) is 20.7. The van der Waals surface area contributed by atoms with Crippen LogP contribution in [0.5, 0.6) is 0 Å². The minimum atomic E-state index is -1.26. The molecule has 202 valence electrons. The third-order valence-electron chi connectivity index (χ3n) is 4.92. The van der Waals surface area contributed by atoms with Crippen molar-refractivity contribution in [1.29, 1.82) is 0 Å². The van der Waals surface area contributed by atoms with Gasteiger partial charge >= 0.3 is 23.9 Å². The molecule has 3 heterocycles. The Kier molecular flexibility index (Phi) is 13.8. The fourth-order valence-corrected chi connectivity index (χ4v) is 3.47. The number of aromatic nitrogens is 3. The minimum absolute atomic E-state index is 0.500. The fourth-order valence-electron chi connectivity index (χ4n) is 3.47. The zero-order valence-corrected chi connectivity index (χ0v) is 20.7. The first-order chi connectivity index (χ1) is 17.5. The maximum Gasteiger partial charge on any atom is 0.328 e. The van der Waals surface area contributed by atoms with Gasteiger partial charge in [-0.3, -0.25) is 0 Å². The summed E-state index contributed by atoms with van der Waals surface area (Å²) in [6, 6.07) is 4.01. The lowest BCUT2D eigenvalue weighted by molar-refractivity contribution is -0.134. The molecular formula is C24H32N4O9. The number of hydrogen-bond acceptors (Lipinski definition) is 8. The molecule has 0 radical (unpaired) electrons. The molecule has 1 aliphatic rings. The van der Waals surface area contributed by atoms with Gasteiger partial charge in [0.1, 0.15) is 11.3 Å². The largest absolute Gasteiger partial charge is 0.478 e. The third-order valence-corrected chi connectivity index (χ3v) is 4.92. The van der Waals surface area contributed by atoms with Gasteiger partial charge in [0.25, 0.3) is 0 Å². The molecule has 1 unspecified atom stereocenters. The molecule has 13 nitrogen and oxygen atoms in total. The zero-order chi connectivity index (χ0) is 27.8. The van der Waals surface area contributed by atoms with Crippen LogP contribution in [0, 0.1) is 0 Å². The number of likely N-dealkylation sites (N-methyl/N-ethyl adjacent to an activating group) is 1. The highest BCUT2D eigenvalue weighted by Gasteiger charge is 2.24. The van der Waals surface area contributed by atoms with Crippen LogP contribution < -0.4 is 0 Å². The van der Waals surface area contributed by atoms with Crippen molar-refractivity contribution in [1.82, 2.24) is 19.4 Å². The van der Waals surface area contributed by atoms with Crippen LogP contribution in [0.2, 0.25) is 0 Å². The number of fused-ring (bicyclic) bond motifs is 1. The van der Waals surface area contributed by atoms with Gasteiger partial charge in [-0.15, -0.1) is 0 Å². The van der Waals surface area contributed by atoms with E-state index in [1.54, 1.807) is 0 Å². The lowest BCUT2D eigenvalue weighted by atomic mass is 9.97. The van der Waals surface area contributed by atoms with E-state index in [2.05, 4.69) is 27.6 Å². The van der Waals surface area contributed by atoms with E-state index in [0.717, 1.165) is 30.9 Å².